The lowest BCUT2D eigenvalue weighted by atomic mass is 10.00. The van der Waals surface area contributed by atoms with Crippen molar-refractivity contribution in [2.75, 3.05) is 5.32 Å². The van der Waals surface area contributed by atoms with E-state index < -0.39 is 5.69 Å². The minimum Gasteiger partial charge on any atom is -0.493 e. The van der Waals surface area contributed by atoms with Crippen LogP contribution in [0.4, 0.5) is 5.82 Å². The van der Waals surface area contributed by atoms with E-state index in [1.54, 1.807) is 16.8 Å². The normalized spacial score (nSPS) is 14.6. The molecule has 3 heterocycles. The van der Waals surface area contributed by atoms with E-state index in [0.717, 1.165) is 29.5 Å². The lowest BCUT2D eigenvalue weighted by molar-refractivity contribution is 0.454. The molecule has 3 aromatic heterocycles. The molecule has 0 unspecified atom stereocenters. The molecule has 0 bridgehead atoms. The average Bonchev–Trinajstić information content (AvgIpc) is 3.51. The first-order chi connectivity index (χ1) is 17.1. The van der Waals surface area contributed by atoms with Crippen molar-refractivity contribution in [1.29, 1.82) is 0 Å². The van der Waals surface area contributed by atoms with Crippen LogP contribution in [0.25, 0.3) is 22.9 Å². The van der Waals surface area contributed by atoms with Crippen LogP contribution in [0.3, 0.4) is 0 Å². The second-order valence-electron chi connectivity index (χ2n) is 8.56. The average molecular weight is 466 g/mol. The molecule has 1 aliphatic carbocycles. The highest BCUT2D eigenvalue weighted by molar-refractivity contribution is 5.67. The summed E-state index contributed by atoms with van der Waals surface area (Å²) in [7, 11) is 0. The molecule has 2 aromatic carbocycles. The van der Waals surface area contributed by atoms with Crippen molar-refractivity contribution in [1.82, 2.24) is 24.6 Å². The molecule has 9 heteroatoms. The summed E-state index contributed by atoms with van der Waals surface area (Å²) in [5.41, 5.74) is 4.54. The molecule has 0 saturated heterocycles. The Bertz CT molecular complexity index is 1700. The van der Waals surface area contributed by atoms with Crippen molar-refractivity contribution < 1.29 is 5.11 Å². The Balaban J connectivity index is 1.40. The molecular formula is C26H23N7O2. The molecule has 0 aliphatic heterocycles. The SMILES string of the molecule is O=c1[nH]c(O)c(C=c2cnn3c(=NC4CC4)cc(NCc4ccccc4-c4ccccc4)nc23)[nH]1. The van der Waals surface area contributed by atoms with Gasteiger partial charge in [-0.3, -0.25) is 9.98 Å². The highest BCUT2D eigenvalue weighted by atomic mass is 16.3. The fourth-order valence-corrected chi connectivity index (χ4v) is 4.05. The van der Waals surface area contributed by atoms with E-state index in [4.69, 9.17) is 9.98 Å². The third-order valence-corrected chi connectivity index (χ3v) is 5.94. The van der Waals surface area contributed by atoms with Crippen LogP contribution in [-0.2, 0) is 6.54 Å². The number of aromatic hydroxyl groups is 1. The maximum Gasteiger partial charge on any atom is 0.326 e. The number of H-pyrrole nitrogens is 2. The third-order valence-electron chi connectivity index (χ3n) is 5.94. The highest BCUT2D eigenvalue weighted by Gasteiger charge is 2.20. The number of rotatable bonds is 6. The standard InChI is InChI=1S/C26H23N7O2/c34-25-21(30-26(35)32-25)12-18-15-28-33-23(29-19-10-11-19)13-22(31-24(18)33)27-14-17-8-4-5-9-20(17)16-6-2-1-3-7-16/h1-9,12-13,15,19,27,34H,10-11,14H2,(H2,30,32,35). The first kappa shape index (κ1) is 20.9. The number of aromatic amines is 2. The van der Waals surface area contributed by atoms with E-state index in [-0.39, 0.29) is 11.6 Å². The molecule has 0 atom stereocenters. The number of hydrogen-bond acceptors (Lipinski definition) is 6. The second-order valence-corrected chi connectivity index (χ2v) is 8.56. The smallest absolute Gasteiger partial charge is 0.326 e. The predicted molar refractivity (Wildman–Crippen MR) is 133 cm³/mol. The van der Waals surface area contributed by atoms with E-state index in [1.165, 1.54) is 0 Å². The van der Waals surface area contributed by atoms with Gasteiger partial charge in [-0.25, -0.2) is 9.78 Å². The summed E-state index contributed by atoms with van der Waals surface area (Å²) in [6, 6.07) is 20.8. The van der Waals surface area contributed by atoms with E-state index in [2.05, 4.69) is 44.6 Å². The summed E-state index contributed by atoms with van der Waals surface area (Å²) >= 11 is 0. The van der Waals surface area contributed by atoms with Gasteiger partial charge in [0.1, 0.15) is 11.5 Å². The summed E-state index contributed by atoms with van der Waals surface area (Å²) in [6.07, 6.45) is 5.41. The third kappa shape index (κ3) is 4.31. The molecule has 35 heavy (non-hydrogen) atoms. The second kappa shape index (κ2) is 8.60. The van der Waals surface area contributed by atoms with Gasteiger partial charge in [0.05, 0.1) is 12.2 Å². The van der Waals surface area contributed by atoms with Gasteiger partial charge in [-0.15, -0.1) is 0 Å². The van der Waals surface area contributed by atoms with Gasteiger partial charge in [0.25, 0.3) is 0 Å². The molecule has 1 saturated carbocycles. The molecule has 0 amide bonds. The van der Waals surface area contributed by atoms with Gasteiger partial charge in [-0.1, -0.05) is 54.6 Å². The molecular weight excluding hydrogens is 442 g/mol. The molecule has 5 aromatic rings. The van der Waals surface area contributed by atoms with Crippen LogP contribution >= 0.6 is 0 Å². The van der Waals surface area contributed by atoms with Crippen LogP contribution in [0.1, 0.15) is 24.1 Å². The van der Waals surface area contributed by atoms with Crippen molar-refractivity contribution in [3.05, 3.63) is 99.3 Å². The monoisotopic (exact) mass is 465 g/mol. The lowest BCUT2D eigenvalue weighted by Gasteiger charge is -2.11. The Morgan fingerprint density at radius 3 is 2.69 bits per heavy atom. The number of aromatic nitrogens is 5. The molecule has 9 nitrogen and oxygen atoms in total. The quantitative estimate of drug-likeness (QED) is 0.307. The summed E-state index contributed by atoms with van der Waals surface area (Å²) < 4.78 is 1.69. The molecule has 1 aliphatic rings. The zero-order valence-corrected chi connectivity index (χ0v) is 18.8. The molecule has 0 radical (unpaired) electrons. The topological polar surface area (TPSA) is 123 Å². The van der Waals surface area contributed by atoms with Crippen LogP contribution in [0.2, 0.25) is 0 Å². The molecule has 174 valence electrons. The van der Waals surface area contributed by atoms with Crippen molar-refractivity contribution in [2.24, 2.45) is 4.99 Å². The zero-order chi connectivity index (χ0) is 23.8. The van der Waals surface area contributed by atoms with E-state index >= 15 is 0 Å². The van der Waals surface area contributed by atoms with Crippen molar-refractivity contribution >= 4 is 17.5 Å². The van der Waals surface area contributed by atoms with Crippen molar-refractivity contribution in [3.63, 3.8) is 0 Å². The van der Waals surface area contributed by atoms with E-state index in [0.29, 0.717) is 34.8 Å². The molecule has 0 spiro atoms. The summed E-state index contributed by atoms with van der Waals surface area (Å²) in [6.45, 7) is 0.580. The zero-order valence-electron chi connectivity index (χ0n) is 18.8. The molecule has 6 rings (SSSR count). The van der Waals surface area contributed by atoms with Crippen molar-refractivity contribution in [3.8, 4) is 17.0 Å². The Hall–Kier alpha value is -4.66. The number of fused-ring (bicyclic) bond motifs is 1. The summed E-state index contributed by atoms with van der Waals surface area (Å²) in [5.74, 6) is 0.436. The van der Waals surface area contributed by atoms with Crippen LogP contribution in [-0.4, -0.2) is 35.7 Å². The minimum absolute atomic E-state index is 0.232. The Morgan fingerprint density at radius 1 is 1.11 bits per heavy atom. The van der Waals surface area contributed by atoms with Crippen LogP contribution in [0.15, 0.2) is 76.6 Å². The van der Waals surface area contributed by atoms with Crippen molar-refractivity contribution in [2.45, 2.75) is 25.4 Å². The summed E-state index contributed by atoms with van der Waals surface area (Å²) in [4.78, 5) is 26.0. The predicted octanol–water partition coefficient (Wildman–Crippen LogP) is 2.34. The Morgan fingerprint density at radius 2 is 1.91 bits per heavy atom. The highest BCUT2D eigenvalue weighted by Crippen LogP contribution is 2.24. The maximum atomic E-state index is 11.5. The number of anilines is 1. The number of nitrogens with one attached hydrogen (secondary N) is 3. The number of imidazole rings is 1. The fourth-order valence-electron chi connectivity index (χ4n) is 4.05. The molecule has 4 N–H and O–H groups in total. The van der Waals surface area contributed by atoms with Crippen LogP contribution < -0.4 is 21.7 Å². The molecule has 1 fully saturated rings. The number of benzene rings is 2. The number of hydrogen-bond donors (Lipinski definition) is 4. The lowest BCUT2D eigenvalue weighted by Crippen LogP contribution is -2.20. The van der Waals surface area contributed by atoms with Gasteiger partial charge in [0, 0.05) is 17.8 Å². The first-order valence-electron chi connectivity index (χ1n) is 11.5. The Kier molecular flexibility index (Phi) is 5.14. The van der Waals surface area contributed by atoms with Gasteiger partial charge < -0.3 is 15.4 Å². The van der Waals surface area contributed by atoms with Crippen LogP contribution in [0.5, 0.6) is 5.88 Å². The van der Waals surface area contributed by atoms with Gasteiger partial charge in [0.2, 0.25) is 5.88 Å². The van der Waals surface area contributed by atoms with Crippen LogP contribution in [0, 0.1) is 0 Å². The van der Waals surface area contributed by atoms with E-state index in [9.17, 15) is 9.90 Å². The van der Waals surface area contributed by atoms with E-state index in [1.807, 2.05) is 36.4 Å². The van der Waals surface area contributed by atoms with Gasteiger partial charge >= 0.3 is 5.69 Å². The Labute approximate surface area is 199 Å². The fraction of sp³-hybridized carbons (Fsp3) is 0.154. The minimum atomic E-state index is -0.484. The largest absolute Gasteiger partial charge is 0.493 e. The maximum absolute atomic E-state index is 11.5. The first-order valence-corrected chi connectivity index (χ1v) is 11.5. The number of nitrogens with zero attached hydrogens (tertiary/aromatic N) is 4. The van der Waals surface area contributed by atoms with Gasteiger partial charge in [-0.05, 0) is 35.6 Å². The summed E-state index contributed by atoms with van der Waals surface area (Å²) in [5, 5.41) is 18.5. The van der Waals surface area contributed by atoms with Gasteiger partial charge in [0.15, 0.2) is 11.1 Å². The van der Waals surface area contributed by atoms with Gasteiger partial charge in [-0.2, -0.15) is 9.61 Å².